The van der Waals surface area contributed by atoms with E-state index in [1.54, 1.807) is 6.92 Å². The van der Waals surface area contributed by atoms with Crippen LogP contribution in [0, 0.1) is 5.82 Å². The molecule has 1 heterocycles. The Morgan fingerprint density at radius 3 is 2.80 bits per heavy atom. The van der Waals surface area contributed by atoms with Crippen LogP contribution in [0.4, 0.5) is 4.39 Å². The van der Waals surface area contributed by atoms with Crippen molar-refractivity contribution in [3.8, 4) is 0 Å². The number of fused-ring (bicyclic) bond motifs is 1. The molecule has 0 spiro atoms. The second kappa shape index (κ2) is 3.28. The van der Waals surface area contributed by atoms with Crippen molar-refractivity contribution in [1.29, 1.82) is 0 Å². The van der Waals surface area contributed by atoms with Crippen molar-refractivity contribution in [2.45, 2.75) is 29.5 Å². The minimum atomic E-state index is -3.32. The molecule has 0 amide bonds. The molecule has 2 unspecified atom stereocenters. The molecule has 1 aromatic rings. The van der Waals surface area contributed by atoms with E-state index in [1.807, 2.05) is 0 Å². The summed E-state index contributed by atoms with van der Waals surface area (Å²) in [6.07, 6.45) is 0.346. The van der Waals surface area contributed by atoms with E-state index in [2.05, 4.69) is 0 Å². The number of hydrogen-bond donors (Lipinski definition) is 1. The van der Waals surface area contributed by atoms with Crippen molar-refractivity contribution < 1.29 is 12.8 Å². The average Bonchev–Trinajstić information content (AvgIpc) is 2.15. The van der Waals surface area contributed by atoms with Crippen LogP contribution in [0.2, 0.25) is 0 Å². The zero-order chi connectivity index (χ0) is 11.2. The van der Waals surface area contributed by atoms with Crippen molar-refractivity contribution in [3.05, 3.63) is 29.6 Å². The summed E-state index contributed by atoms with van der Waals surface area (Å²) in [7, 11) is -3.32. The highest BCUT2D eigenvalue weighted by Gasteiger charge is 2.34. The molecule has 1 aliphatic heterocycles. The van der Waals surface area contributed by atoms with Gasteiger partial charge >= 0.3 is 0 Å². The van der Waals surface area contributed by atoms with E-state index in [4.69, 9.17) is 5.73 Å². The lowest BCUT2D eigenvalue weighted by atomic mass is 10.0. The fraction of sp³-hybridized carbons (Fsp3) is 0.400. The highest BCUT2D eigenvalue weighted by Crippen LogP contribution is 2.34. The molecule has 0 aromatic heterocycles. The molecule has 0 saturated heterocycles. The first kappa shape index (κ1) is 10.6. The van der Waals surface area contributed by atoms with Gasteiger partial charge in [0.1, 0.15) is 5.82 Å². The van der Waals surface area contributed by atoms with E-state index < -0.39 is 26.9 Å². The van der Waals surface area contributed by atoms with Crippen molar-refractivity contribution in [3.63, 3.8) is 0 Å². The van der Waals surface area contributed by atoms with Crippen LogP contribution in [0.1, 0.15) is 24.9 Å². The Morgan fingerprint density at radius 2 is 2.13 bits per heavy atom. The zero-order valence-electron chi connectivity index (χ0n) is 8.27. The van der Waals surface area contributed by atoms with Gasteiger partial charge in [-0.3, -0.25) is 0 Å². The predicted octanol–water partition coefficient (Wildman–Crippen LogP) is 1.39. The molecule has 0 saturated carbocycles. The Kier molecular flexibility index (Phi) is 2.31. The number of nitrogens with two attached hydrogens (primary N) is 1. The molecule has 2 atom stereocenters. The van der Waals surface area contributed by atoms with Crippen LogP contribution < -0.4 is 5.73 Å². The first-order valence-corrected chi connectivity index (χ1v) is 6.26. The molecule has 2 N–H and O–H groups in total. The summed E-state index contributed by atoms with van der Waals surface area (Å²) in [6, 6.07) is 3.27. The molecular weight excluding hydrogens is 217 g/mol. The Balaban J connectivity index is 2.70. The highest BCUT2D eigenvalue weighted by atomic mass is 32.2. The number of sulfone groups is 1. The molecule has 0 fully saturated rings. The first-order chi connectivity index (χ1) is 6.93. The monoisotopic (exact) mass is 229 g/mol. The molecule has 1 aromatic carbocycles. The van der Waals surface area contributed by atoms with Gasteiger partial charge in [-0.1, -0.05) is 0 Å². The van der Waals surface area contributed by atoms with E-state index in [0.717, 1.165) is 6.07 Å². The quantitative estimate of drug-likeness (QED) is 0.684. The molecule has 0 aliphatic carbocycles. The minimum absolute atomic E-state index is 0.176. The van der Waals surface area contributed by atoms with Gasteiger partial charge < -0.3 is 5.73 Å². The van der Waals surface area contributed by atoms with E-state index in [9.17, 15) is 12.8 Å². The lowest BCUT2D eigenvalue weighted by Crippen LogP contribution is -2.31. The molecule has 3 nitrogen and oxygen atoms in total. The van der Waals surface area contributed by atoms with Crippen molar-refractivity contribution >= 4 is 9.84 Å². The van der Waals surface area contributed by atoms with Gasteiger partial charge in [0, 0.05) is 6.04 Å². The van der Waals surface area contributed by atoms with Crippen LogP contribution in [0.25, 0.3) is 0 Å². The van der Waals surface area contributed by atoms with Crippen LogP contribution in [-0.2, 0) is 9.84 Å². The third-order valence-electron chi connectivity index (χ3n) is 2.79. The largest absolute Gasteiger partial charge is 0.324 e. The van der Waals surface area contributed by atoms with Gasteiger partial charge in [-0.25, -0.2) is 12.8 Å². The normalized spacial score (nSPS) is 28.5. The summed E-state index contributed by atoms with van der Waals surface area (Å²) in [4.78, 5) is 0.176. The van der Waals surface area contributed by atoms with Gasteiger partial charge in [0.15, 0.2) is 9.84 Å². The zero-order valence-corrected chi connectivity index (χ0v) is 9.09. The Bertz CT molecular complexity index is 498. The second-order valence-electron chi connectivity index (χ2n) is 3.88. The second-order valence-corrected chi connectivity index (χ2v) is 6.21. The maximum atomic E-state index is 13.0. The fourth-order valence-electron chi connectivity index (χ4n) is 1.90. The summed E-state index contributed by atoms with van der Waals surface area (Å²) in [5, 5.41) is -0.495. The van der Waals surface area contributed by atoms with Crippen LogP contribution in [0.15, 0.2) is 23.1 Å². The molecule has 2 rings (SSSR count). The van der Waals surface area contributed by atoms with Crippen LogP contribution in [0.5, 0.6) is 0 Å². The van der Waals surface area contributed by atoms with Crippen LogP contribution in [0.3, 0.4) is 0 Å². The number of benzene rings is 1. The maximum absolute atomic E-state index is 13.0. The van der Waals surface area contributed by atoms with E-state index in [-0.39, 0.29) is 4.90 Å². The number of halogens is 1. The van der Waals surface area contributed by atoms with Gasteiger partial charge in [-0.05, 0) is 37.1 Å². The maximum Gasteiger partial charge on any atom is 0.181 e. The van der Waals surface area contributed by atoms with Crippen LogP contribution >= 0.6 is 0 Å². The summed E-state index contributed by atoms with van der Waals surface area (Å²) < 4.78 is 36.7. The topological polar surface area (TPSA) is 60.2 Å². The minimum Gasteiger partial charge on any atom is -0.324 e. The van der Waals surface area contributed by atoms with E-state index >= 15 is 0 Å². The fourth-order valence-corrected chi connectivity index (χ4v) is 3.59. The number of hydrogen-bond acceptors (Lipinski definition) is 3. The molecule has 82 valence electrons. The van der Waals surface area contributed by atoms with Gasteiger partial charge in [0.25, 0.3) is 0 Å². The summed E-state index contributed by atoms with van der Waals surface area (Å²) in [5.41, 5.74) is 6.19. The van der Waals surface area contributed by atoms with Gasteiger partial charge in [-0.15, -0.1) is 0 Å². The lowest BCUT2D eigenvalue weighted by molar-refractivity contribution is 0.532. The Labute approximate surface area is 88.0 Å². The van der Waals surface area contributed by atoms with Crippen molar-refractivity contribution in [2.75, 3.05) is 0 Å². The van der Waals surface area contributed by atoms with E-state index in [1.165, 1.54) is 12.1 Å². The smallest absolute Gasteiger partial charge is 0.181 e. The van der Waals surface area contributed by atoms with Crippen molar-refractivity contribution in [2.24, 2.45) is 5.73 Å². The van der Waals surface area contributed by atoms with E-state index in [0.29, 0.717) is 12.0 Å². The summed E-state index contributed by atoms with van der Waals surface area (Å²) >= 11 is 0. The predicted molar refractivity (Wildman–Crippen MR) is 54.6 cm³/mol. The standard InChI is InChI=1S/C10H12FNO2S/c1-6-4-9(12)8-5-7(11)2-3-10(8)15(6,13)14/h2-3,5-6,9H,4,12H2,1H3. The third kappa shape index (κ3) is 1.55. The highest BCUT2D eigenvalue weighted by molar-refractivity contribution is 7.92. The average molecular weight is 229 g/mol. The molecular formula is C10H12FNO2S. The van der Waals surface area contributed by atoms with Gasteiger partial charge in [-0.2, -0.15) is 0 Å². The third-order valence-corrected chi connectivity index (χ3v) is 5.03. The Hall–Kier alpha value is -0.940. The first-order valence-electron chi connectivity index (χ1n) is 4.72. The van der Waals surface area contributed by atoms with Crippen LogP contribution in [-0.4, -0.2) is 13.7 Å². The molecule has 1 aliphatic rings. The number of rotatable bonds is 0. The van der Waals surface area contributed by atoms with Gasteiger partial charge in [0.05, 0.1) is 10.1 Å². The Morgan fingerprint density at radius 1 is 1.47 bits per heavy atom. The summed E-state index contributed by atoms with van der Waals surface area (Å²) in [5.74, 6) is -0.450. The molecule has 5 heteroatoms. The molecule has 15 heavy (non-hydrogen) atoms. The molecule has 0 bridgehead atoms. The molecule has 0 radical (unpaired) electrons. The SMILES string of the molecule is CC1CC(N)c2cc(F)ccc2S1(=O)=O. The summed E-state index contributed by atoms with van der Waals surface area (Å²) in [6.45, 7) is 1.63. The van der Waals surface area contributed by atoms with Crippen molar-refractivity contribution in [1.82, 2.24) is 0 Å². The lowest BCUT2D eigenvalue weighted by Gasteiger charge is -2.26. The van der Waals surface area contributed by atoms with Gasteiger partial charge in [0.2, 0.25) is 0 Å².